The van der Waals surface area contributed by atoms with Crippen LogP contribution in [-0.2, 0) is 11.0 Å². The zero-order chi connectivity index (χ0) is 17.9. The van der Waals surface area contributed by atoms with Crippen molar-refractivity contribution in [3.8, 4) is 5.75 Å². The Morgan fingerprint density at radius 1 is 1.04 bits per heavy atom. The lowest BCUT2D eigenvalue weighted by Gasteiger charge is -2.12. The standard InChI is InChI=1S/C15H9Cl3F3NO2/c16-9-2-4-13(11(18)6-9)24-7-14(23)22-12-3-1-8(5-10(12)17)15(19,20)21/h1-6H,7H2,(H,22,23). The lowest BCUT2D eigenvalue weighted by molar-refractivity contribution is -0.137. The van der Waals surface area contributed by atoms with Crippen molar-refractivity contribution in [1.29, 1.82) is 0 Å². The first-order valence-electron chi connectivity index (χ1n) is 6.41. The molecule has 2 aromatic rings. The predicted octanol–water partition coefficient (Wildman–Crippen LogP) is 5.68. The summed E-state index contributed by atoms with van der Waals surface area (Å²) in [6.07, 6.45) is -4.51. The van der Waals surface area contributed by atoms with Gasteiger partial charge in [0.25, 0.3) is 5.91 Å². The minimum Gasteiger partial charge on any atom is -0.482 e. The average Bonchev–Trinajstić information content (AvgIpc) is 2.47. The van der Waals surface area contributed by atoms with Crippen molar-refractivity contribution in [2.24, 2.45) is 0 Å². The molecule has 0 spiro atoms. The second-order valence-corrected chi connectivity index (χ2v) is 5.85. The molecule has 0 saturated carbocycles. The van der Waals surface area contributed by atoms with Crippen LogP contribution in [0.3, 0.4) is 0 Å². The van der Waals surface area contributed by atoms with Crippen molar-refractivity contribution in [3.63, 3.8) is 0 Å². The van der Waals surface area contributed by atoms with Crippen molar-refractivity contribution in [3.05, 3.63) is 57.0 Å². The molecule has 0 unspecified atom stereocenters. The van der Waals surface area contributed by atoms with Gasteiger partial charge < -0.3 is 10.1 Å². The number of ether oxygens (including phenoxy) is 1. The molecule has 24 heavy (non-hydrogen) atoms. The number of carbonyl (C=O) groups excluding carboxylic acids is 1. The maximum atomic E-state index is 12.5. The molecule has 128 valence electrons. The van der Waals surface area contributed by atoms with Crippen molar-refractivity contribution < 1.29 is 22.7 Å². The van der Waals surface area contributed by atoms with Gasteiger partial charge >= 0.3 is 6.18 Å². The molecular weight excluding hydrogens is 390 g/mol. The number of carbonyl (C=O) groups is 1. The van der Waals surface area contributed by atoms with E-state index in [1.807, 2.05) is 0 Å². The molecule has 0 saturated heterocycles. The lowest BCUT2D eigenvalue weighted by Crippen LogP contribution is -2.20. The molecule has 0 heterocycles. The van der Waals surface area contributed by atoms with E-state index in [-0.39, 0.29) is 21.5 Å². The SMILES string of the molecule is O=C(COc1ccc(Cl)cc1Cl)Nc1ccc(C(F)(F)F)cc1Cl. The van der Waals surface area contributed by atoms with E-state index in [1.165, 1.54) is 18.2 Å². The van der Waals surface area contributed by atoms with E-state index in [0.29, 0.717) is 5.02 Å². The lowest BCUT2D eigenvalue weighted by atomic mass is 10.2. The molecule has 0 aliphatic heterocycles. The summed E-state index contributed by atoms with van der Waals surface area (Å²) in [5.74, 6) is -0.364. The molecule has 2 aromatic carbocycles. The highest BCUT2D eigenvalue weighted by atomic mass is 35.5. The quantitative estimate of drug-likeness (QED) is 0.719. The minimum atomic E-state index is -4.51. The third-order valence-corrected chi connectivity index (χ3v) is 3.67. The Kier molecular flexibility index (Phi) is 5.85. The summed E-state index contributed by atoms with van der Waals surface area (Å²) in [5.41, 5.74) is -0.866. The van der Waals surface area contributed by atoms with Crippen LogP contribution >= 0.6 is 34.8 Å². The summed E-state index contributed by atoms with van der Waals surface area (Å²) in [5, 5.41) is 2.76. The van der Waals surface area contributed by atoms with E-state index in [4.69, 9.17) is 39.5 Å². The number of hydrogen-bond donors (Lipinski definition) is 1. The van der Waals surface area contributed by atoms with Crippen LogP contribution in [0.5, 0.6) is 5.75 Å². The van der Waals surface area contributed by atoms with Gasteiger partial charge in [-0.3, -0.25) is 4.79 Å². The van der Waals surface area contributed by atoms with Gasteiger partial charge in [0.1, 0.15) is 5.75 Å². The van der Waals surface area contributed by atoms with Crippen LogP contribution in [0.4, 0.5) is 18.9 Å². The summed E-state index contributed by atoms with van der Waals surface area (Å²) in [6, 6.07) is 7.09. The first-order chi connectivity index (χ1) is 11.2. The van der Waals surface area contributed by atoms with Crippen molar-refractivity contribution >= 4 is 46.4 Å². The van der Waals surface area contributed by atoms with Gasteiger partial charge in [0, 0.05) is 5.02 Å². The van der Waals surface area contributed by atoms with Crippen LogP contribution in [-0.4, -0.2) is 12.5 Å². The number of nitrogens with one attached hydrogen (secondary N) is 1. The topological polar surface area (TPSA) is 38.3 Å². The molecule has 0 aromatic heterocycles. The molecule has 3 nitrogen and oxygen atoms in total. The van der Waals surface area contributed by atoms with Crippen LogP contribution in [0.2, 0.25) is 15.1 Å². The van der Waals surface area contributed by atoms with Crippen molar-refractivity contribution in [2.45, 2.75) is 6.18 Å². The summed E-state index contributed by atoms with van der Waals surface area (Å²) >= 11 is 17.4. The molecule has 2 rings (SSSR count). The van der Waals surface area contributed by atoms with E-state index in [9.17, 15) is 18.0 Å². The van der Waals surface area contributed by atoms with Gasteiger partial charge in [-0.1, -0.05) is 34.8 Å². The highest BCUT2D eigenvalue weighted by Gasteiger charge is 2.31. The van der Waals surface area contributed by atoms with E-state index < -0.39 is 24.3 Å². The second-order valence-electron chi connectivity index (χ2n) is 4.60. The monoisotopic (exact) mass is 397 g/mol. The van der Waals surface area contributed by atoms with Crippen LogP contribution in [0, 0.1) is 0 Å². The van der Waals surface area contributed by atoms with Gasteiger partial charge in [-0.25, -0.2) is 0 Å². The fourth-order valence-corrected chi connectivity index (χ4v) is 2.41. The summed E-state index contributed by atoms with van der Waals surface area (Å²) in [4.78, 5) is 11.8. The Balaban J connectivity index is 2.00. The third-order valence-electron chi connectivity index (χ3n) is 2.82. The molecule has 0 radical (unpaired) electrons. The van der Waals surface area contributed by atoms with Crippen molar-refractivity contribution in [1.82, 2.24) is 0 Å². The number of hydrogen-bond acceptors (Lipinski definition) is 2. The molecular formula is C15H9Cl3F3NO2. The Morgan fingerprint density at radius 3 is 2.33 bits per heavy atom. The Hall–Kier alpha value is -1.63. The summed E-state index contributed by atoms with van der Waals surface area (Å²) in [7, 11) is 0. The van der Waals surface area contributed by atoms with Gasteiger partial charge in [0.05, 0.1) is 21.3 Å². The number of benzene rings is 2. The highest BCUT2D eigenvalue weighted by molar-refractivity contribution is 6.35. The normalized spacial score (nSPS) is 11.2. The largest absolute Gasteiger partial charge is 0.482 e. The zero-order valence-electron chi connectivity index (χ0n) is 11.8. The first-order valence-corrected chi connectivity index (χ1v) is 7.54. The minimum absolute atomic E-state index is 0.0421. The number of anilines is 1. The number of rotatable bonds is 4. The predicted molar refractivity (Wildman–Crippen MR) is 87.0 cm³/mol. The first kappa shape index (κ1) is 18.7. The van der Waals surface area contributed by atoms with Crippen LogP contribution < -0.4 is 10.1 Å². The van der Waals surface area contributed by atoms with Gasteiger partial charge in [-0.15, -0.1) is 0 Å². The summed E-state index contributed by atoms with van der Waals surface area (Å²) in [6.45, 7) is -0.404. The van der Waals surface area contributed by atoms with Crippen LogP contribution in [0.15, 0.2) is 36.4 Å². The van der Waals surface area contributed by atoms with E-state index >= 15 is 0 Å². The van der Waals surface area contributed by atoms with Gasteiger partial charge in [-0.05, 0) is 36.4 Å². The van der Waals surface area contributed by atoms with Crippen LogP contribution in [0.1, 0.15) is 5.56 Å². The maximum Gasteiger partial charge on any atom is 0.416 e. The van der Waals surface area contributed by atoms with Crippen molar-refractivity contribution in [2.75, 3.05) is 11.9 Å². The average molecular weight is 399 g/mol. The third kappa shape index (κ3) is 4.93. The fraction of sp³-hybridized carbons (Fsp3) is 0.133. The van der Waals surface area contributed by atoms with E-state index in [1.54, 1.807) is 0 Å². The second kappa shape index (κ2) is 7.51. The van der Waals surface area contributed by atoms with Gasteiger partial charge in [0.15, 0.2) is 6.61 Å². The molecule has 0 bridgehead atoms. The molecule has 1 amide bonds. The molecule has 1 N–H and O–H groups in total. The number of halogens is 6. The zero-order valence-corrected chi connectivity index (χ0v) is 14.0. The van der Waals surface area contributed by atoms with Crippen LogP contribution in [0.25, 0.3) is 0 Å². The smallest absolute Gasteiger partial charge is 0.416 e. The Labute approximate surface area is 150 Å². The number of alkyl halides is 3. The molecule has 0 fully saturated rings. The number of amides is 1. The molecule has 0 aliphatic rings. The Morgan fingerprint density at radius 2 is 1.75 bits per heavy atom. The van der Waals surface area contributed by atoms with E-state index in [0.717, 1.165) is 18.2 Å². The van der Waals surface area contributed by atoms with Gasteiger partial charge in [-0.2, -0.15) is 13.2 Å². The molecule has 9 heteroatoms. The molecule has 0 atom stereocenters. The highest BCUT2D eigenvalue weighted by Crippen LogP contribution is 2.33. The van der Waals surface area contributed by atoms with E-state index in [2.05, 4.69) is 5.32 Å². The maximum absolute atomic E-state index is 12.5. The van der Waals surface area contributed by atoms with Gasteiger partial charge in [0.2, 0.25) is 0 Å². The fourth-order valence-electron chi connectivity index (χ4n) is 1.71. The Bertz CT molecular complexity index is 766. The summed E-state index contributed by atoms with van der Waals surface area (Å²) < 4.78 is 42.9. The molecule has 0 aliphatic carbocycles.